The SMILES string of the molecule is Nc1ccc(C(F)(F)F)c(I)c1Br. The molecule has 0 fully saturated rings. The molecule has 0 heterocycles. The number of hydrogen-bond acceptors (Lipinski definition) is 1. The van der Waals surface area contributed by atoms with Gasteiger partial charge >= 0.3 is 6.18 Å². The van der Waals surface area contributed by atoms with Crippen molar-refractivity contribution in [3.8, 4) is 0 Å². The summed E-state index contributed by atoms with van der Waals surface area (Å²) in [7, 11) is 0. The number of alkyl halides is 3. The van der Waals surface area contributed by atoms with Crippen LogP contribution < -0.4 is 5.73 Å². The summed E-state index contributed by atoms with van der Waals surface area (Å²) in [5.41, 5.74) is 5.04. The van der Waals surface area contributed by atoms with Crippen LogP contribution in [0.4, 0.5) is 18.9 Å². The molecule has 0 amide bonds. The lowest BCUT2D eigenvalue weighted by Crippen LogP contribution is -2.08. The summed E-state index contributed by atoms with van der Waals surface area (Å²) >= 11 is 4.60. The van der Waals surface area contributed by atoms with Crippen molar-refractivity contribution in [2.75, 3.05) is 5.73 Å². The van der Waals surface area contributed by atoms with Crippen LogP contribution in [0.1, 0.15) is 5.56 Å². The first-order chi connectivity index (χ1) is 5.84. The van der Waals surface area contributed by atoms with Crippen molar-refractivity contribution in [3.63, 3.8) is 0 Å². The lowest BCUT2D eigenvalue weighted by Gasteiger charge is -2.11. The monoisotopic (exact) mass is 365 g/mol. The highest BCUT2D eigenvalue weighted by Crippen LogP contribution is 2.37. The van der Waals surface area contributed by atoms with Gasteiger partial charge in [0.15, 0.2) is 0 Å². The number of nitrogen functional groups attached to an aromatic ring is 1. The molecule has 72 valence electrons. The van der Waals surface area contributed by atoms with Crippen LogP contribution in [-0.2, 0) is 6.18 Å². The van der Waals surface area contributed by atoms with Gasteiger partial charge in [-0.15, -0.1) is 0 Å². The number of benzene rings is 1. The highest BCUT2D eigenvalue weighted by Gasteiger charge is 2.33. The highest BCUT2D eigenvalue weighted by atomic mass is 127. The molecule has 1 aromatic rings. The summed E-state index contributed by atoms with van der Waals surface area (Å²) in [4.78, 5) is 0. The quantitative estimate of drug-likeness (QED) is 0.551. The maximum atomic E-state index is 12.3. The molecule has 0 aromatic heterocycles. The number of halogens is 5. The first kappa shape index (κ1) is 11.1. The Bertz CT molecular complexity index is 337. The molecule has 1 rings (SSSR count). The van der Waals surface area contributed by atoms with E-state index in [0.717, 1.165) is 6.07 Å². The summed E-state index contributed by atoms with van der Waals surface area (Å²) < 4.78 is 37.3. The summed E-state index contributed by atoms with van der Waals surface area (Å²) in [5, 5.41) is 0. The third kappa shape index (κ3) is 2.28. The first-order valence-electron chi connectivity index (χ1n) is 3.14. The van der Waals surface area contributed by atoms with E-state index in [1.165, 1.54) is 6.07 Å². The third-order valence-corrected chi connectivity index (χ3v) is 4.13. The molecular weight excluding hydrogens is 362 g/mol. The van der Waals surface area contributed by atoms with Crippen LogP contribution in [0.5, 0.6) is 0 Å². The zero-order valence-electron chi connectivity index (χ0n) is 6.12. The van der Waals surface area contributed by atoms with Crippen LogP contribution in [0.3, 0.4) is 0 Å². The van der Waals surface area contributed by atoms with Crippen LogP contribution in [-0.4, -0.2) is 0 Å². The minimum Gasteiger partial charge on any atom is -0.398 e. The van der Waals surface area contributed by atoms with Crippen molar-refractivity contribution in [2.24, 2.45) is 0 Å². The predicted molar refractivity (Wildman–Crippen MR) is 56.3 cm³/mol. The molecule has 0 bridgehead atoms. The van der Waals surface area contributed by atoms with Crippen LogP contribution in [0.2, 0.25) is 0 Å². The molecule has 0 aliphatic carbocycles. The van der Waals surface area contributed by atoms with E-state index in [1.807, 2.05) is 0 Å². The van der Waals surface area contributed by atoms with E-state index in [1.54, 1.807) is 22.6 Å². The molecule has 2 N–H and O–H groups in total. The minimum absolute atomic E-state index is 0.0881. The Morgan fingerprint density at radius 1 is 1.31 bits per heavy atom. The number of nitrogens with two attached hydrogens (primary N) is 1. The summed E-state index contributed by atoms with van der Waals surface area (Å²) in [6.45, 7) is 0. The van der Waals surface area contributed by atoms with Gasteiger partial charge in [-0.2, -0.15) is 13.2 Å². The molecule has 0 aliphatic rings. The number of rotatable bonds is 0. The molecule has 13 heavy (non-hydrogen) atoms. The van der Waals surface area contributed by atoms with E-state index >= 15 is 0 Å². The van der Waals surface area contributed by atoms with E-state index in [2.05, 4.69) is 15.9 Å². The van der Waals surface area contributed by atoms with Gasteiger partial charge in [-0.3, -0.25) is 0 Å². The molecule has 1 nitrogen and oxygen atoms in total. The zero-order chi connectivity index (χ0) is 10.2. The Kier molecular flexibility index (Phi) is 3.11. The smallest absolute Gasteiger partial charge is 0.398 e. The van der Waals surface area contributed by atoms with Crippen LogP contribution in [0.25, 0.3) is 0 Å². The number of anilines is 1. The van der Waals surface area contributed by atoms with Crippen LogP contribution in [0.15, 0.2) is 16.6 Å². The van der Waals surface area contributed by atoms with Crippen LogP contribution in [0, 0.1) is 3.57 Å². The van der Waals surface area contributed by atoms with E-state index < -0.39 is 11.7 Å². The van der Waals surface area contributed by atoms with Crippen molar-refractivity contribution < 1.29 is 13.2 Å². The summed E-state index contributed by atoms with van der Waals surface area (Å²) in [6, 6.07) is 2.21. The lowest BCUT2D eigenvalue weighted by atomic mass is 10.2. The van der Waals surface area contributed by atoms with Gasteiger partial charge in [0.25, 0.3) is 0 Å². The second kappa shape index (κ2) is 3.64. The van der Waals surface area contributed by atoms with E-state index in [4.69, 9.17) is 5.73 Å². The van der Waals surface area contributed by atoms with Gasteiger partial charge in [-0.05, 0) is 50.7 Å². The predicted octanol–water partition coefficient (Wildman–Crippen LogP) is 3.65. The van der Waals surface area contributed by atoms with Crippen molar-refractivity contribution in [3.05, 3.63) is 25.7 Å². The van der Waals surface area contributed by atoms with Gasteiger partial charge < -0.3 is 5.73 Å². The fourth-order valence-corrected chi connectivity index (χ4v) is 1.93. The second-order valence-corrected chi connectivity index (χ2v) is 4.20. The third-order valence-electron chi connectivity index (χ3n) is 1.42. The normalized spacial score (nSPS) is 11.8. The highest BCUT2D eigenvalue weighted by molar-refractivity contribution is 14.1. The molecular formula is C7H4BrF3IN. The molecule has 0 aliphatic heterocycles. The van der Waals surface area contributed by atoms with Crippen molar-refractivity contribution in [2.45, 2.75) is 6.18 Å². The minimum atomic E-state index is -4.33. The maximum Gasteiger partial charge on any atom is 0.417 e. The van der Waals surface area contributed by atoms with E-state index in [0.29, 0.717) is 10.2 Å². The second-order valence-electron chi connectivity index (χ2n) is 2.33. The standard InChI is InChI=1S/C7H4BrF3IN/c8-5-4(13)2-1-3(6(5)12)7(9,10)11/h1-2H,13H2. The Balaban J connectivity index is 3.35. The average molecular weight is 366 g/mol. The van der Waals surface area contributed by atoms with Crippen molar-refractivity contribution in [1.82, 2.24) is 0 Å². The first-order valence-corrected chi connectivity index (χ1v) is 5.02. The van der Waals surface area contributed by atoms with Gasteiger partial charge in [0.05, 0.1) is 10.0 Å². The average Bonchev–Trinajstić information content (AvgIpc) is 1.98. The van der Waals surface area contributed by atoms with Gasteiger partial charge in [0.1, 0.15) is 0 Å². The zero-order valence-corrected chi connectivity index (χ0v) is 9.87. The van der Waals surface area contributed by atoms with Crippen LogP contribution >= 0.6 is 38.5 Å². The van der Waals surface area contributed by atoms with Crippen molar-refractivity contribution >= 4 is 44.2 Å². The van der Waals surface area contributed by atoms with Gasteiger partial charge in [0, 0.05) is 9.26 Å². The molecule has 1 aromatic carbocycles. The summed E-state index contributed by atoms with van der Waals surface area (Å²) in [6.07, 6.45) is -4.33. The Morgan fingerprint density at radius 3 is 2.31 bits per heavy atom. The molecule has 0 radical (unpaired) electrons. The molecule has 0 saturated heterocycles. The fourth-order valence-electron chi connectivity index (χ4n) is 0.783. The largest absolute Gasteiger partial charge is 0.417 e. The summed E-state index contributed by atoms with van der Waals surface area (Å²) in [5.74, 6) is 0. The molecule has 0 unspecified atom stereocenters. The number of hydrogen-bond donors (Lipinski definition) is 1. The topological polar surface area (TPSA) is 26.0 Å². The Hall–Kier alpha value is 0.0200. The lowest BCUT2D eigenvalue weighted by molar-refractivity contribution is -0.138. The molecule has 0 atom stereocenters. The van der Waals surface area contributed by atoms with E-state index in [-0.39, 0.29) is 3.57 Å². The fraction of sp³-hybridized carbons (Fsp3) is 0.143. The Labute approximate surface area is 94.8 Å². The molecule has 6 heteroatoms. The van der Waals surface area contributed by atoms with Gasteiger partial charge in [-0.1, -0.05) is 0 Å². The Morgan fingerprint density at radius 2 is 1.85 bits per heavy atom. The van der Waals surface area contributed by atoms with E-state index in [9.17, 15) is 13.2 Å². The van der Waals surface area contributed by atoms with Gasteiger partial charge in [0.2, 0.25) is 0 Å². The van der Waals surface area contributed by atoms with Crippen molar-refractivity contribution in [1.29, 1.82) is 0 Å². The maximum absolute atomic E-state index is 12.3. The molecule has 0 spiro atoms. The van der Waals surface area contributed by atoms with Gasteiger partial charge in [-0.25, -0.2) is 0 Å². The molecule has 0 saturated carbocycles.